The number of sulfone groups is 1. The largest absolute Gasteiger partial charge is 0.351 e. The molecule has 0 fully saturated rings. The van der Waals surface area contributed by atoms with Crippen LogP contribution >= 0.6 is 0 Å². The SMILES string of the molecule is Cc1ccccc1-n1nc(C(=O)NCCCS(=O)(=O)c2ccccc2)c2c1CCC2. The van der Waals surface area contributed by atoms with Gasteiger partial charge in [-0.05, 0) is 56.4 Å². The van der Waals surface area contributed by atoms with Crippen molar-refractivity contribution in [3.63, 3.8) is 0 Å². The van der Waals surface area contributed by atoms with Crippen molar-refractivity contribution in [1.29, 1.82) is 0 Å². The van der Waals surface area contributed by atoms with E-state index in [0.29, 0.717) is 17.0 Å². The number of rotatable bonds is 7. The van der Waals surface area contributed by atoms with Gasteiger partial charge in [-0.15, -0.1) is 0 Å². The molecule has 0 unspecified atom stereocenters. The summed E-state index contributed by atoms with van der Waals surface area (Å²) in [7, 11) is -3.34. The lowest BCUT2D eigenvalue weighted by atomic mass is 10.2. The van der Waals surface area contributed by atoms with Crippen LogP contribution in [-0.4, -0.2) is 36.4 Å². The Labute approximate surface area is 176 Å². The quantitative estimate of drug-likeness (QED) is 0.592. The highest BCUT2D eigenvalue weighted by Crippen LogP contribution is 2.28. The number of amides is 1. The lowest BCUT2D eigenvalue weighted by Crippen LogP contribution is -2.27. The summed E-state index contributed by atoms with van der Waals surface area (Å²) in [5.41, 5.74) is 4.65. The van der Waals surface area contributed by atoms with Crippen LogP contribution in [0.15, 0.2) is 59.5 Å². The topological polar surface area (TPSA) is 81.1 Å². The number of benzene rings is 2. The predicted octanol–water partition coefficient (Wildman–Crippen LogP) is 3.26. The number of nitrogens with zero attached hydrogens (tertiary/aromatic N) is 2. The Morgan fingerprint density at radius 3 is 2.57 bits per heavy atom. The normalized spacial score (nSPS) is 13.2. The minimum atomic E-state index is -3.34. The average Bonchev–Trinajstić information content (AvgIpc) is 3.35. The molecule has 0 radical (unpaired) electrons. The number of hydrogen-bond donors (Lipinski definition) is 1. The van der Waals surface area contributed by atoms with Crippen LogP contribution in [0.1, 0.15) is 40.2 Å². The van der Waals surface area contributed by atoms with E-state index in [1.807, 2.05) is 35.9 Å². The lowest BCUT2D eigenvalue weighted by molar-refractivity contribution is 0.0947. The van der Waals surface area contributed by atoms with Gasteiger partial charge in [0.2, 0.25) is 0 Å². The smallest absolute Gasteiger partial charge is 0.272 e. The van der Waals surface area contributed by atoms with Crippen molar-refractivity contribution in [2.75, 3.05) is 12.3 Å². The second-order valence-electron chi connectivity index (χ2n) is 7.57. The maximum atomic E-state index is 12.8. The number of nitrogens with one attached hydrogen (secondary N) is 1. The van der Waals surface area contributed by atoms with Crippen LogP contribution in [0, 0.1) is 6.92 Å². The van der Waals surface area contributed by atoms with Gasteiger partial charge in [-0.2, -0.15) is 5.10 Å². The number of para-hydroxylation sites is 1. The molecular weight excluding hydrogens is 398 g/mol. The van der Waals surface area contributed by atoms with Crippen molar-refractivity contribution in [2.24, 2.45) is 0 Å². The highest BCUT2D eigenvalue weighted by molar-refractivity contribution is 7.91. The van der Waals surface area contributed by atoms with E-state index < -0.39 is 9.84 Å². The minimum Gasteiger partial charge on any atom is -0.351 e. The summed E-state index contributed by atoms with van der Waals surface area (Å²) in [4.78, 5) is 13.1. The van der Waals surface area contributed by atoms with Crippen molar-refractivity contribution in [2.45, 2.75) is 37.5 Å². The number of hydrogen-bond acceptors (Lipinski definition) is 4. The van der Waals surface area contributed by atoms with E-state index in [1.165, 1.54) is 0 Å². The third kappa shape index (κ3) is 4.03. The summed E-state index contributed by atoms with van der Waals surface area (Å²) in [6, 6.07) is 16.4. The van der Waals surface area contributed by atoms with Crippen molar-refractivity contribution in [3.8, 4) is 5.69 Å². The Bertz CT molecular complexity index is 1170. The van der Waals surface area contributed by atoms with Gasteiger partial charge in [0.25, 0.3) is 5.91 Å². The lowest BCUT2D eigenvalue weighted by Gasteiger charge is -2.08. The molecule has 0 spiro atoms. The molecule has 1 amide bonds. The average molecular weight is 424 g/mol. The molecule has 0 bridgehead atoms. The molecule has 7 heteroatoms. The molecule has 1 aromatic heterocycles. The Kier molecular flexibility index (Phi) is 5.72. The second kappa shape index (κ2) is 8.44. The standard InChI is InChI=1S/C23H25N3O3S/c1-17-9-5-6-13-20(17)26-21-14-7-12-19(21)22(25-26)23(27)24-15-8-16-30(28,29)18-10-3-2-4-11-18/h2-6,9-11,13H,7-8,12,14-16H2,1H3,(H,24,27). The van der Waals surface area contributed by atoms with E-state index in [-0.39, 0.29) is 18.2 Å². The van der Waals surface area contributed by atoms with Gasteiger partial charge in [-0.25, -0.2) is 13.1 Å². The van der Waals surface area contributed by atoms with Crippen molar-refractivity contribution in [1.82, 2.24) is 15.1 Å². The third-order valence-electron chi connectivity index (χ3n) is 5.47. The van der Waals surface area contributed by atoms with Gasteiger partial charge in [-0.3, -0.25) is 4.79 Å². The first-order valence-electron chi connectivity index (χ1n) is 10.2. The predicted molar refractivity (Wildman–Crippen MR) is 116 cm³/mol. The van der Waals surface area contributed by atoms with E-state index >= 15 is 0 Å². The molecule has 1 aliphatic carbocycles. The number of aryl methyl sites for hydroxylation is 1. The van der Waals surface area contributed by atoms with Gasteiger partial charge in [-0.1, -0.05) is 36.4 Å². The number of aromatic nitrogens is 2. The molecular formula is C23H25N3O3S. The molecule has 3 aromatic rings. The molecule has 4 rings (SSSR count). The van der Waals surface area contributed by atoms with E-state index in [1.54, 1.807) is 30.3 Å². The van der Waals surface area contributed by atoms with Crippen LogP contribution in [0.2, 0.25) is 0 Å². The molecule has 1 N–H and O–H groups in total. The Morgan fingerprint density at radius 1 is 1.07 bits per heavy atom. The number of carbonyl (C=O) groups is 1. The van der Waals surface area contributed by atoms with Crippen LogP contribution in [0.25, 0.3) is 5.69 Å². The second-order valence-corrected chi connectivity index (χ2v) is 9.68. The van der Waals surface area contributed by atoms with Gasteiger partial charge in [0.15, 0.2) is 15.5 Å². The maximum Gasteiger partial charge on any atom is 0.272 e. The van der Waals surface area contributed by atoms with E-state index in [9.17, 15) is 13.2 Å². The molecule has 0 saturated carbocycles. The van der Waals surface area contributed by atoms with Crippen LogP contribution in [0.3, 0.4) is 0 Å². The summed E-state index contributed by atoms with van der Waals surface area (Å²) >= 11 is 0. The molecule has 156 valence electrons. The number of carbonyl (C=O) groups excluding carboxylic acids is 1. The maximum absolute atomic E-state index is 12.8. The zero-order valence-electron chi connectivity index (χ0n) is 17.0. The van der Waals surface area contributed by atoms with E-state index in [0.717, 1.165) is 41.8 Å². The zero-order chi connectivity index (χ0) is 21.1. The van der Waals surface area contributed by atoms with E-state index in [2.05, 4.69) is 10.4 Å². The zero-order valence-corrected chi connectivity index (χ0v) is 17.8. The Balaban J connectivity index is 1.44. The van der Waals surface area contributed by atoms with Crippen LogP contribution in [-0.2, 0) is 22.7 Å². The van der Waals surface area contributed by atoms with Gasteiger partial charge >= 0.3 is 0 Å². The summed E-state index contributed by atoms with van der Waals surface area (Å²) in [5.74, 6) is -0.245. The highest BCUT2D eigenvalue weighted by Gasteiger charge is 2.27. The third-order valence-corrected chi connectivity index (χ3v) is 7.28. The molecule has 0 atom stereocenters. The molecule has 6 nitrogen and oxygen atoms in total. The monoisotopic (exact) mass is 423 g/mol. The van der Waals surface area contributed by atoms with Crippen LogP contribution in [0.4, 0.5) is 0 Å². The summed E-state index contributed by atoms with van der Waals surface area (Å²) in [6.45, 7) is 2.32. The van der Waals surface area contributed by atoms with Crippen molar-refractivity contribution >= 4 is 15.7 Å². The molecule has 2 aromatic carbocycles. The molecule has 30 heavy (non-hydrogen) atoms. The van der Waals surface area contributed by atoms with Gasteiger partial charge in [0.05, 0.1) is 16.3 Å². The molecule has 0 saturated heterocycles. The summed E-state index contributed by atoms with van der Waals surface area (Å²) < 4.78 is 26.6. The Morgan fingerprint density at radius 2 is 1.80 bits per heavy atom. The molecule has 1 heterocycles. The fourth-order valence-electron chi connectivity index (χ4n) is 3.91. The summed E-state index contributed by atoms with van der Waals surface area (Å²) in [6.07, 6.45) is 3.10. The molecule has 0 aliphatic heterocycles. The van der Waals surface area contributed by atoms with Crippen LogP contribution < -0.4 is 5.32 Å². The fraction of sp³-hybridized carbons (Fsp3) is 0.304. The van der Waals surface area contributed by atoms with Gasteiger partial charge in [0.1, 0.15) is 0 Å². The first-order chi connectivity index (χ1) is 14.5. The highest BCUT2D eigenvalue weighted by atomic mass is 32.2. The first kappa shape index (κ1) is 20.3. The Hall–Kier alpha value is -2.93. The minimum absolute atomic E-state index is 0.00689. The van der Waals surface area contributed by atoms with E-state index in [4.69, 9.17) is 0 Å². The fourth-order valence-corrected chi connectivity index (χ4v) is 5.25. The van der Waals surface area contributed by atoms with Crippen LogP contribution in [0.5, 0.6) is 0 Å². The first-order valence-corrected chi connectivity index (χ1v) is 11.9. The van der Waals surface area contributed by atoms with Crippen molar-refractivity contribution < 1.29 is 13.2 Å². The van der Waals surface area contributed by atoms with Gasteiger partial charge in [0, 0.05) is 17.8 Å². The summed E-state index contributed by atoms with van der Waals surface area (Å²) in [5, 5.41) is 7.48. The van der Waals surface area contributed by atoms with Crippen molar-refractivity contribution in [3.05, 3.63) is 77.1 Å². The molecule has 1 aliphatic rings. The van der Waals surface area contributed by atoms with Gasteiger partial charge < -0.3 is 5.32 Å². The number of fused-ring (bicyclic) bond motifs is 1.